The van der Waals surface area contributed by atoms with Crippen LogP contribution >= 0.6 is 0 Å². The van der Waals surface area contributed by atoms with Gasteiger partial charge in [0, 0.05) is 44.2 Å². The number of primary amides is 1. The van der Waals surface area contributed by atoms with E-state index in [1.807, 2.05) is 56.3 Å². The number of phenolic OH excluding ortho intramolecular Hbond substituents is 1. The van der Waals surface area contributed by atoms with Gasteiger partial charge in [-0.25, -0.2) is 4.98 Å². The summed E-state index contributed by atoms with van der Waals surface area (Å²) in [4.78, 5) is 42.2. The van der Waals surface area contributed by atoms with Crippen LogP contribution in [0.3, 0.4) is 0 Å². The van der Waals surface area contributed by atoms with Gasteiger partial charge in [0.25, 0.3) is 0 Å². The number of benzene rings is 3. The maximum absolute atomic E-state index is 14.3. The normalized spacial score (nSPS) is 15.7. The highest BCUT2D eigenvalue weighted by Crippen LogP contribution is 2.37. The summed E-state index contributed by atoms with van der Waals surface area (Å²) < 4.78 is 5.94. The first-order valence-corrected chi connectivity index (χ1v) is 17.6. The molecule has 1 fully saturated rings. The zero-order valence-electron chi connectivity index (χ0n) is 29.9. The van der Waals surface area contributed by atoms with Crippen molar-refractivity contribution in [3.05, 3.63) is 119 Å². The fourth-order valence-corrected chi connectivity index (χ4v) is 7.32. The van der Waals surface area contributed by atoms with E-state index in [1.165, 1.54) is 6.33 Å². The molecule has 3 atom stereocenters. The number of aromatic amines is 1. The van der Waals surface area contributed by atoms with Crippen molar-refractivity contribution in [2.75, 3.05) is 13.1 Å². The largest absolute Gasteiger partial charge is 0.508 e. The Morgan fingerprint density at radius 1 is 1.06 bits per heavy atom. The Morgan fingerprint density at radius 2 is 1.72 bits per heavy atom. The van der Waals surface area contributed by atoms with Gasteiger partial charge in [-0.3, -0.25) is 15.0 Å². The number of H-pyrrole nitrogens is 1. The van der Waals surface area contributed by atoms with Crippen molar-refractivity contribution in [1.29, 1.82) is 5.41 Å². The van der Waals surface area contributed by atoms with Crippen LogP contribution in [0.4, 0.5) is 0 Å². The van der Waals surface area contributed by atoms with Crippen LogP contribution in [-0.2, 0) is 28.9 Å². The van der Waals surface area contributed by atoms with Crippen LogP contribution in [-0.4, -0.2) is 72.6 Å². The van der Waals surface area contributed by atoms with Gasteiger partial charge in [-0.15, -0.1) is 0 Å². The summed E-state index contributed by atoms with van der Waals surface area (Å²) in [6.45, 7) is 4.61. The molecule has 14 nitrogen and oxygen atoms in total. The second-order valence-corrected chi connectivity index (χ2v) is 13.9. The van der Waals surface area contributed by atoms with Crippen molar-refractivity contribution >= 4 is 17.8 Å². The number of nitrogens with two attached hydrogens (primary N) is 3. The molecule has 1 aliphatic rings. The quantitative estimate of drug-likeness (QED) is 0.0693. The van der Waals surface area contributed by atoms with E-state index in [0.29, 0.717) is 60.6 Å². The molecule has 2 amide bonds. The first-order valence-electron chi connectivity index (χ1n) is 17.6. The van der Waals surface area contributed by atoms with Crippen molar-refractivity contribution < 1.29 is 19.2 Å². The second kappa shape index (κ2) is 15.7. The highest BCUT2D eigenvalue weighted by atomic mass is 16.5. The van der Waals surface area contributed by atoms with Crippen LogP contribution in [0.5, 0.6) is 5.75 Å². The molecule has 10 N–H and O–H groups in total. The number of phenols is 1. The molecular weight excluding hydrogens is 672 g/mol. The summed E-state index contributed by atoms with van der Waals surface area (Å²) in [5, 5.41) is 25.5. The molecule has 1 saturated heterocycles. The number of hydrogen-bond acceptors (Lipinski definition) is 9. The smallest absolute Gasteiger partial charge is 0.244 e. The van der Waals surface area contributed by atoms with E-state index in [0.717, 1.165) is 16.7 Å². The minimum absolute atomic E-state index is 0.0290. The average molecular weight is 719 g/mol. The minimum Gasteiger partial charge on any atom is -0.508 e. The van der Waals surface area contributed by atoms with E-state index in [4.69, 9.17) is 32.1 Å². The van der Waals surface area contributed by atoms with Crippen molar-refractivity contribution in [3.63, 3.8) is 0 Å². The summed E-state index contributed by atoms with van der Waals surface area (Å²) in [6.07, 6.45) is 4.63. The first kappa shape index (κ1) is 36.8. The standard InChI is InChI=1S/C39H46N10O4/c1-23-16-30(50)17-24(2)31(23)20-39(37(41)52,47-35(51)34(40)28-12-14-49(15-13-28)38(42)43)32(19-29-21-44-22-45-29)36-46-33(48-53-36)18-25-8-10-27(11-9-25)26-6-4-3-5-7-26/h3-11,16-17,21-22,28,32,34,50H,12-15,18-20,40H2,1-2H3,(H2,41,52)(H3,42,43)(H,44,45)(H,47,51)/t32-,34-,39?/m1/s1. The number of piperidine rings is 1. The number of imidazole rings is 1. The Hall–Kier alpha value is -6.02. The van der Waals surface area contributed by atoms with Gasteiger partial charge in [-0.2, -0.15) is 4.98 Å². The molecular formula is C39H46N10O4. The highest BCUT2D eigenvalue weighted by molar-refractivity contribution is 5.93. The monoisotopic (exact) mass is 718 g/mol. The fraction of sp³-hybridized carbons (Fsp3) is 0.333. The topological polar surface area (TPSA) is 239 Å². The minimum atomic E-state index is -1.83. The van der Waals surface area contributed by atoms with Crippen LogP contribution in [0, 0.1) is 25.2 Å². The maximum Gasteiger partial charge on any atom is 0.244 e. The number of aromatic hydroxyl groups is 1. The van der Waals surface area contributed by atoms with E-state index in [1.54, 1.807) is 23.2 Å². The maximum atomic E-state index is 14.3. The van der Waals surface area contributed by atoms with E-state index in [9.17, 15) is 14.7 Å². The molecule has 1 unspecified atom stereocenters. The second-order valence-electron chi connectivity index (χ2n) is 13.9. The van der Waals surface area contributed by atoms with Crippen LogP contribution in [0.25, 0.3) is 11.1 Å². The number of aromatic nitrogens is 4. The zero-order valence-corrected chi connectivity index (χ0v) is 29.9. The molecule has 6 rings (SSSR count). The molecule has 0 saturated carbocycles. The van der Waals surface area contributed by atoms with Gasteiger partial charge in [-0.05, 0) is 78.1 Å². The lowest BCUT2D eigenvalue weighted by Gasteiger charge is -2.40. The Balaban J connectivity index is 1.37. The Bertz CT molecular complexity index is 2020. The number of carbonyl (C=O) groups is 2. The van der Waals surface area contributed by atoms with Crippen LogP contribution in [0.15, 0.2) is 83.8 Å². The lowest BCUT2D eigenvalue weighted by molar-refractivity contribution is -0.134. The van der Waals surface area contributed by atoms with Crippen LogP contribution in [0.2, 0.25) is 0 Å². The number of rotatable bonds is 13. The molecule has 5 aromatic rings. The number of likely N-dealkylation sites (tertiary alicyclic amines) is 1. The van der Waals surface area contributed by atoms with Gasteiger partial charge in [0.2, 0.25) is 17.7 Å². The van der Waals surface area contributed by atoms with Gasteiger partial charge in [0.1, 0.15) is 11.3 Å². The average Bonchev–Trinajstić information content (AvgIpc) is 3.84. The van der Waals surface area contributed by atoms with Gasteiger partial charge in [0.05, 0.1) is 18.3 Å². The number of guanidine groups is 1. The zero-order chi connectivity index (χ0) is 37.7. The number of nitrogens with zero attached hydrogens (tertiary/aromatic N) is 4. The molecule has 14 heteroatoms. The summed E-state index contributed by atoms with van der Waals surface area (Å²) >= 11 is 0. The van der Waals surface area contributed by atoms with E-state index in [2.05, 4.69) is 32.6 Å². The molecule has 0 spiro atoms. The Morgan fingerprint density at radius 3 is 2.32 bits per heavy atom. The fourth-order valence-electron chi connectivity index (χ4n) is 7.32. The molecule has 0 radical (unpaired) electrons. The first-order chi connectivity index (χ1) is 25.4. The molecule has 53 heavy (non-hydrogen) atoms. The summed E-state index contributed by atoms with van der Waals surface area (Å²) in [5.74, 6) is -2.05. The molecule has 2 aromatic heterocycles. The molecule has 0 bridgehead atoms. The molecule has 276 valence electrons. The van der Waals surface area contributed by atoms with Crippen molar-refractivity contribution in [2.45, 2.75) is 63.5 Å². The summed E-state index contributed by atoms with van der Waals surface area (Å²) in [5.41, 5.74) is 22.8. The third-order valence-corrected chi connectivity index (χ3v) is 10.4. The van der Waals surface area contributed by atoms with Crippen LogP contribution < -0.4 is 22.5 Å². The van der Waals surface area contributed by atoms with Gasteiger partial charge >= 0.3 is 0 Å². The van der Waals surface area contributed by atoms with E-state index >= 15 is 0 Å². The number of nitrogens with one attached hydrogen (secondary N) is 3. The Labute approximate surface area is 307 Å². The lowest BCUT2D eigenvalue weighted by atomic mass is 9.73. The lowest BCUT2D eigenvalue weighted by Crippen LogP contribution is -2.66. The van der Waals surface area contributed by atoms with Gasteiger partial charge < -0.3 is 42.0 Å². The van der Waals surface area contributed by atoms with Crippen molar-refractivity contribution in [1.82, 2.24) is 30.3 Å². The summed E-state index contributed by atoms with van der Waals surface area (Å²) in [7, 11) is 0. The number of carbonyl (C=O) groups excluding carboxylic acids is 2. The Kier molecular flexibility index (Phi) is 10.9. The van der Waals surface area contributed by atoms with Gasteiger partial charge in [0.15, 0.2) is 11.8 Å². The molecule has 0 aliphatic carbocycles. The highest BCUT2D eigenvalue weighted by Gasteiger charge is 2.51. The number of aryl methyl sites for hydroxylation is 2. The SMILES string of the molecule is Cc1cc(O)cc(C)c1CC(NC(=O)[C@H](N)C1CCN(C(=N)N)CC1)(C(N)=O)[C@H](Cc1cnc[nH]1)c1nc(Cc2ccc(-c3ccccc3)cc2)no1. The van der Waals surface area contributed by atoms with Crippen molar-refractivity contribution in [2.24, 2.45) is 23.1 Å². The third-order valence-electron chi connectivity index (χ3n) is 10.4. The molecule has 3 aromatic carbocycles. The molecule has 3 heterocycles. The van der Waals surface area contributed by atoms with Crippen molar-refractivity contribution in [3.8, 4) is 16.9 Å². The van der Waals surface area contributed by atoms with Gasteiger partial charge in [-0.1, -0.05) is 59.8 Å². The van der Waals surface area contributed by atoms with E-state index < -0.39 is 29.3 Å². The van der Waals surface area contributed by atoms with E-state index in [-0.39, 0.29) is 36.4 Å². The third kappa shape index (κ3) is 8.23. The predicted molar refractivity (Wildman–Crippen MR) is 200 cm³/mol. The number of hydrogen-bond donors (Lipinski definition) is 7. The predicted octanol–water partition coefficient (Wildman–Crippen LogP) is 3.22. The van der Waals surface area contributed by atoms with Crippen LogP contribution in [0.1, 0.15) is 58.4 Å². The number of amides is 2. The molecule has 1 aliphatic heterocycles. The summed E-state index contributed by atoms with van der Waals surface area (Å²) in [6, 6.07) is 20.4.